The highest BCUT2D eigenvalue weighted by Crippen LogP contribution is 2.60. The molecule has 1 aliphatic carbocycles. The zero-order valence-corrected chi connectivity index (χ0v) is 33.2. The summed E-state index contributed by atoms with van der Waals surface area (Å²) < 4.78 is 5.49. The molecule has 0 spiro atoms. The van der Waals surface area contributed by atoms with Crippen molar-refractivity contribution in [3.8, 4) is 5.75 Å². The Morgan fingerprint density at radius 1 is 0.965 bits per heavy atom. The van der Waals surface area contributed by atoms with Crippen molar-refractivity contribution < 1.29 is 47.8 Å². The second-order valence-electron chi connectivity index (χ2n) is 15.6. The molecule has 0 radical (unpaired) electrons. The lowest BCUT2D eigenvalue weighted by Crippen LogP contribution is -2.78. The summed E-state index contributed by atoms with van der Waals surface area (Å²) >= 11 is 0. The van der Waals surface area contributed by atoms with Gasteiger partial charge < -0.3 is 30.8 Å². The van der Waals surface area contributed by atoms with Crippen molar-refractivity contribution in [3.05, 3.63) is 65.7 Å². The minimum absolute atomic E-state index is 0.0504. The van der Waals surface area contributed by atoms with E-state index in [9.17, 15) is 38.4 Å². The van der Waals surface area contributed by atoms with Gasteiger partial charge in [-0.05, 0) is 55.4 Å². The Hall–Kier alpha value is -5.64. The van der Waals surface area contributed by atoms with E-state index >= 15 is 0 Å². The van der Waals surface area contributed by atoms with Crippen LogP contribution in [-0.4, -0.2) is 120 Å². The van der Waals surface area contributed by atoms with E-state index in [1.807, 2.05) is 44.2 Å². The summed E-state index contributed by atoms with van der Waals surface area (Å²) in [4.78, 5) is 103. The van der Waals surface area contributed by atoms with Gasteiger partial charge in [0.15, 0.2) is 12.3 Å². The van der Waals surface area contributed by atoms with Gasteiger partial charge in [-0.25, -0.2) is 0 Å². The Kier molecular flexibility index (Phi) is 13.5. The van der Waals surface area contributed by atoms with E-state index in [-0.39, 0.29) is 80.1 Å². The maximum atomic E-state index is 13.5. The standard InChI is InChI=1S/C41H53N7O9/c1-26(2)38(45-36(53)16-13-29-9-7-6-8-10-29)39(55)44-31(25-49)21-30-11-14-32(15-12-30)57-20-19-42-35(52)17-18-41-22-33(41)48(5)46(28(4)50)24-37(54)43-27(3)40(56)47(48)23-34(41)51/h6-12,14-15,25-27,31,33,38H,13,16-24H2,1-5H3,(H3-,42,43,44,45,52,53,54,55)/p+1. The van der Waals surface area contributed by atoms with Crippen molar-refractivity contribution in [2.75, 3.05) is 33.3 Å². The number of carbonyl (C=O) groups excluding carboxylic acids is 8. The summed E-state index contributed by atoms with van der Waals surface area (Å²) in [5, 5.41) is 13.6. The SMILES string of the molecule is CC(=O)N1CC(=O)NC(C)C(=O)N2CC(=O)C3(CCC(=O)NCCOc4ccc(CC(C=O)NC(=O)C(NC(=O)CCc5ccccc5)C(C)C)cc4)CC3[N+]12C. The fourth-order valence-corrected chi connectivity index (χ4v) is 7.91. The van der Waals surface area contributed by atoms with Crippen LogP contribution in [0.25, 0.3) is 0 Å². The van der Waals surface area contributed by atoms with Crippen LogP contribution in [0.2, 0.25) is 0 Å². The first-order valence-electron chi connectivity index (χ1n) is 19.5. The minimum Gasteiger partial charge on any atom is -0.492 e. The molecule has 6 atom stereocenters. The van der Waals surface area contributed by atoms with Crippen LogP contribution in [0, 0.1) is 11.3 Å². The van der Waals surface area contributed by atoms with Gasteiger partial charge in [-0.2, -0.15) is 10.0 Å². The molecule has 16 nitrogen and oxygen atoms in total. The Balaban J connectivity index is 1.05. The van der Waals surface area contributed by atoms with Gasteiger partial charge in [-0.15, -0.1) is 4.70 Å². The van der Waals surface area contributed by atoms with Crippen LogP contribution < -0.4 is 26.0 Å². The largest absolute Gasteiger partial charge is 0.492 e. The van der Waals surface area contributed by atoms with Crippen molar-refractivity contribution in [2.45, 2.75) is 90.4 Å². The van der Waals surface area contributed by atoms with E-state index in [2.05, 4.69) is 21.3 Å². The molecule has 2 heterocycles. The predicted molar refractivity (Wildman–Crippen MR) is 206 cm³/mol. The Bertz CT molecular complexity index is 1860. The van der Waals surface area contributed by atoms with Crippen molar-refractivity contribution in [3.63, 3.8) is 0 Å². The molecular formula is C41H54N7O9+. The van der Waals surface area contributed by atoms with Crippen LogP contribution in [-0.2, 0) is 51.2 Å². The molecule has 306 valence electrons. The van der Waals surface area contributed by atoms with Crippen LogP contribution in [0.3, 0.4) is 0 Å². The number of quaternary nitrogens is 1. The molecule has 3 fully saturated rings. The monoisotopic (exact) mass is 788 g/mol. The number of aldehydes is 1. The Labute approximate surface area is 332 Å². The summed E-state index contributed by atoms with van der Waals surface area (Å²) in [6.07, 6.45) is 2.35. The summed E-state index contributed by atoms with van der Waals surface area (Å²) in [5.74, 6) is -2.13. The number of hydrogen-bond donors (Lipinski definition) is 4. The zero-order chi connectivity index (χ0) is 41.5. The average molecular weight is 789 g/mol. The third kappa shape index (κ3) is 9.85. The molecule has 0 bridgehead atoms. The lowest BCUT2D eigenvalue weighted by molar-refractivity contribution is -1.10. The Morgan fingerprint density at radius 2 is 1.67 bits per heavy atom. The lowest BCUT2D eigenvalue weighted by Gasteiger charge is -2.52. The molecule has 2 saturated heterocycles. The van der Waals surface area contributed by atoms with E-state index in [4.69, 9.17) is 4.74 Å². The fraction of sp³-hybridized carbons (Fsp3) is 0.512. The normalized spacial score (nSPS) is 23.8. The highest BCUT2D eigenvalue weighted by atomic mass is 16.5. The first-order chi connectivity index (χ1) is 27.1. The molecule has 1 saturated carbocycles. The van der Waals surface area contributed by atoms with Gasteiger partial charge in [0, 0.05) is 26.2 Å². The van der Waals surface area contributed by atoms with Gasteiger partial charge in [0.1, 0.15) is 50.4 Å². The van der Waals surface area contributed by atoms with Crippen molar-refractivity contribution in [2.24, 2.45) is 11.3 Å². The van der Waals surface area contributed by atoms with Crippen LogP contribution in [0.4, 0.5) is 0 Å². The number of ketones is 1. The molecule has 6 amide bonds. The van der Waals surface area contributed by atoms with Gasteiger partial charge in [0.05, 0.1) is 18.0 Å². The summed E-state index contributed by atoms with van der Waals surface area (Å²) in [7, 11) is 1.67. The van der Waals surface area contributed by atoms with Gasteiger partial charge in [0.25, 0.3) is 11.8 Å². The number of aryl methyl sites for hydroxylation is 1. The third-order valence-corrected chi connectivity index (χ3v) is 11.2. The Morgan fingerprint density at radius 3 is 2.32 bits per heavy atom. The fourth-order valence-electron chi connectivity index (χ4n) is 7.91. The number of ether oxygens (including phenoxy) is 1. The average Bonchev–Trinajstić information content (AvgIpc) is 3.95. The second-order valence-corrected chi connectivity index (χ2v) is 15.6. The van der Waals surface area contributed by atoms with Crippen LogP contribution in [0.15, 0.2) is 54.6 Å². The maximum absolute atomic E-state index is 13.5. The quantitative estimate of drug-likeness (QED) is 0.102. The zero-order valence-electron chi connectivity index (χ0n) is 33.2. The molecule has 5 rings (SSSR count). The van der Waals surface area contributed by atoms with Crippen LogP contribution in [0.1, 0.15) is 64.5 Å². The van der Waals surface area contributed by atoms with E-state index in [0.29, 0.717) is 24.9 Å². The second kappa shape index (κ2) is 18.1. The van der Waals surface area contributed by atoms with E-state index in [1.165, 1.54) is 16.9 Å². The van der Waals surface area contributed by atoms with Crippen molar-refractivity contribution in [1.82, 2.24) is 31.3 Å². The number of amides is 6. The summed E-state index contributed by atoms with van der Waals surface area (Å²) in [6.45, 7) is 6.39. The van der Waals surface area contributed by atoms with E-state index in [0.717, 1.165) is 11.1 Å². The van der Waals surface area contributed by atoms with Crippen molar-refractivity contribution >= 4 is 47.5 Å². The smallest absolute Gasteiger partial charge is 0.292 e. The predicted octanol–water partition coefficient (Wildman–Crippen LogP) is 0.775. The van der Waals surface area contributed by atoms with E-state index in [1.54, 1.807) is 38.2 Å². The first-order valence-corrected chi connectivity index (χ1v) is 19.5. The molecule has 4 N–H and O–H groups in total. The number of rotatable bonds is 17. The third-order valence-electron chi connectivity index (χ3n) is 11.2. The summed E-state index contributed by atoms with van der Waals surface area (Å²) in [5.41, 5.74) is 0.907. The van der Waals surface area contributed by atoms with Gasteiger partial charge in [-0.1, -0.05) is 56.3 Å². The topological polar surface area (TPSA) is 200 Å². The molecule has 0 aromatic heterocycles. The minimum atomic E-state index is -0.895. The molecule has 2 aliphatic heterocycles. The van der Waals surface area contributed by atoms with Crippen LogP contribution in [0.5, 0.6) is 5.75 Å². The molecule has 6 unspecified atom stereocenters. The van der Waals surface area contributed by atoms with Gasteiger partial charge >= 0.3 is 0 Å². The summed E-state index contributed by atoms with van der Waals surface area (Å²) in [6, 6.07) is 13.7. The number of Topliss-reactive ketones (excluding diaryl/α,β-unsaturated/α-hetero) is 1. The number of nitrogens with zero attached hydrogens (tertiary/aromatic N) is 3. The molecule has 3 aliphatic rings. The maximum Gasteiger partial charge on any atom is 0.292 e. The molecule has 57 heavy (non-hydrogen) atoms. The van der Waals surface area contributed by atoms with Gasteiger partial charge in [0.2, 0.25) is 23.6 Å². The molecule has 2 aromatic rings. The lowest BCUT2D eigenvalue weighted by atomic mass is 9.91. The number of benzene rings is 2. The first kappa shape index (κ1) is 42.5. The number of hydrogen-bond acceptors (Lipinski definition) is 9. The highest BCUT2D eigenvalue weighted by molar-refractivity contribution is 5.97. The van der Waals surface area contributed by atoms with Gasteiger partial charge in [-0.3, -0.25) is 33.6 Å². The number of fused-ring (bicyclic) bond motifs is 3. The number of carbonyl (C=O) groups is 8. The molecule has 2 aromatic carbocycles. The molecule has 16 heteroatoms. The number of nitrogens with one attached hydrogen (secondary N) is 4. The van der Waals surface area contributed by atoms with Crippen LogP contribution >= 0.6 is 0 Å². The molecular weight excluding hydrogens is 734 g/mol. The highest BCUT2D eigenvalue weighted by Gasteiger charge is 2.76. The van der Waals surface area contributed by atoms with E-state index < -0.39 is 53.2 Å². The van der Waals surface area contributed by atoms with Crippen molar-refractivity contribution in [1.29, 1.82) is 0 Å².